The van der Waals surface area contributed by atoms with Crippen LogP contribution in [0.1, 0.15) is 37.8 Å². The van der Waals surface area contributed by atoms with Crippen molar-refractivity contribution in [3.63, 3.8) is 0 Å². The van der Waals surface area contributed by atoms with E-state index in [1.807, 2.05) is 52.0 Å². The van der Waals surface area contributed by atoms with Gasteiger partial charge in [0, 0.05) is 24.1 Å². The van der Waals surface area contributed by atoms with Gasteiger partial charge in [-0.3, -0.25) is 9.59 Å². The third-order valence-electron chi connectivity index (χ3n) is 4.14. The molecule has 1 aromatic heterocycles. The summed E-state index contributed by atoms with van der Waals surface area (Å²) in [6.07, 6.45) is 0.213. The number of aryl methyl sites for hydroxylation is 1. The molecule has 3 rings (SSSR count). The fourth-order valence-electron chi connectivity index (χ4n) is 2.64. The van der Waals surface area contributed by atoms with Gasteiger partial charge in [-0.15, -0.1) is 10.2 Å². The summed E-state index contributed by atoms with van der Waals surface area (Å²) in [7, 11) is 0. The lowest BCUT2D eigenvalue weighted by atomic mass is 9.98. The molecule has 1 unspecified atom stereocenters. The summed E-state index contributed by atoms with van der Waals surface area (Å²) in [6, 6.07) is 7.75. The number of benzene rings is 1. The zero-order chi connectivity index (χ0) is 18.2. The second-order valence-electron chi connectivity index (χ2n) is 7.39. The Balaban J connectivity index is 1.66. The molecule has 132 valence electrons. The van der Waals surface area contributed by atoms with Crippen molar-refractivity contribution < 1.29 is 9.59 Å². The normalized spacial score (nSPS) is 17.8. The van der Waals surface area contributed by atoms with Crippen molar-refractivity contribution in [3.05, 3.63) is 34.8 Å². The van der Waals surface area contributed by atoms with Crippen LogP contribution >= 0.6 is 11.3 Å². The van der Waals surface area contributed by atoms with Crippen LogP contribution in [-0.4, -0.2) is 28.6 Å². The minimum Gasteiger partial charge on any atom is -0.312 e. The van der Waals surface area contributed by atoms with Crippen molar-refractivity contribution >= 4 is 34.0 Å². The van der Waals surface area contributed by atoms with Gasteiger partial charge in [0.05, 0.1) is 5.92 Å². The molecule has 1 aliphatic heterocycles. The summed E-state index contributed by atoms with van der Waals surface area (Å²) in [4.78, 5) is 26.5. The Morgan fingerprint density at radius 3 is 2.52 bits per heavy atom. The topological polar surface area (TPSA) is 75.2 Å². The largest absolute Gasteiger partial charge is 0.312 e. The maximum absolute atomic E-state index is 12.5. The van der Waals surface area contributed by atoms with Crippen LogP contribution in [0, 0.1) is 12.8 Å². The first-order valence-corrected chi connectivity index (χ1v) is 9.07. The van der Waals surface area contributed by atoms with Crippen LogP contribution in [-0.2, 0) is 15.0 Å². The molecule has 1 atom stereocenters. The van der Waals surface area contributed by atoms with E-state index >= 15 is 0 Å². The maximum Gasteiger partial charge on any atom is 0.231 e. The summed E-state index contributed by atoms with van der Waals surface area (Å²) in [5, 5.41) is 12.3. The molecular weight excluding hydrogens is 336 g/mol. The minimum absolute atomic E-state index is 0.0309. The van der Waals surface area contributed by atoms with Gasteiger partial charge in [0.2, 0.25) is 16.9 Å². The molecule has 0 radical (unpaired) electrons. The van der Waals surface area contributed by atoms with Crippen LogP contribution in [0.25, 0.3) is 0 Å². The van der Waals surface area contributed by atoms with Crippen molar-refractivity contribution in [3.8, 4) is 0 Å². The van der Waals surface area contributed by atoms with E-state index in [1.54, 1.807) is 4.90 Å². The molecule has 0 spiro atoms. The highest BCUT2D eigenvalue weighted by atomic mass is 32.1. The number of anilines is 2. The average molecular weight is 358 g/mol. The summed E-state index contributed by atoms with van der Waals surface area (Å²) >= 11 is 1.37. The Morgan fingerprint density at radius 1 is 1.24 bits per heavy atom. The number of hydrogen-bond acceptors (Lipinski definition) is 5. The number of rotatable bonds is 3. The fraction of sp³-hybridized carbons (Fsp3) is 0.444. The SMILES string of the molecule is Cc1ccc(N2CC(C(=O)Nc3nnc(C(C)(C)C)s3)CC2=O)cc1. The lowest BCUT2D eigenvalue weighted by Gasteiger charge is -2.16. The van der Waals surface area contributed by atoms with Gasteiger partial charge >= 0.3 is 0 Å². The third kappa shape index (κ3) is 3.87. The first-order valence-electron chi connectivity index (χ1n) is 8.26. The zero-order valence-corrected chi connectivity index (χ0v) is 15.7. The predicted molar refractivity (Wildman–Crippen MR) is 98.9 cm³/mol. The number of nitrogens with one attached hydrogen (secondary N) is 1. The van der Waals surface area contributed by atoms with Gasteiger partial charge in [0.1, 0.15) is 5.01 Å². The van der Waals surface area contributed by atoms with Gasteiger partial charge in [-0.1, -0.05) is 49.8 Å². The smallest absolute Gasteiger partial charge is 0.231 e. The molecule has 1 N–H and O–H groups in total. The van der Waals surface area contributed by atoms with Gasteiger partial charge < -0.3 is 10.2 Å². The first kappa shape index (κ1) is 17.5. The standard InChI is InChI=1S/C18H22N4O2S/c1-11-5-7-13(8-6-11)22-10-12(9-14(22)23)15(24)19-17-21-20-16(25-17)18(2,3)4/h5-8,12H,9-10H2,1-4H3,(H,19,21,24). The Kier molecular flexibility index (Phi) is 4.60. The number of carbonyl (C=O) groups excluding carboxylic acids is 2. The molecule has 1 fully saturated rings. The van der Waals surface area contributed by atoms with Crippen LogP contribution < -0.4 is 10.2 Å². The molecular formula is C18H22N4O2S. The molecule has 0 saturated carbocycles. The van der Waals surface area contributed by atoms with Gasteiger partial charge in [-0.25, -0.2) is 0 Å². The van der Waals surface area contributed by atoms with Gasteiger partial charge in [0.25, 0.3) is 0 Å². The van der Waals surface area contributed by atoms with Gasteiger partial charge in [-0.05, 0) is 19.1 Å². The quantitative estimate of drug-likeness (QED) is 0.915. The van der Waals surface area contributed by atoms with Crippen LogP contribution in [0.3, 0.4) is 0 Å². The average Bonchev–Trinajstić information content (AvgIpc) is 3.15. The highest BCUT2D eigenvalue weighted by molar-refractivity contribution is 7.15. The molecule has 6 nitrogen and oxygen atoms in total. The van der Waals surface area contributed by atoms with Crippen molar-refractivity contribution in [1.82, 2.24) is 10.2 Å². The van der Waals surface area contributed by atoms with E-state index in [0.29, 0.717) is 11.7 Å². The van der Waals surface area contributed by atoms with Crippen LogP contribution in [0.2, 0.25) is 0 Å². The monoisotopic (exact) mass is 358 g/mol. The predicted octanol–water partition coefficient (Wildman–Crippen LogP) is 3.14. The molecule has 2 heterocycles. The lowest BCUT2D eigenvalue weighted by Crippen LogP contribution is -2.28. The van der Waals surface area contributed by atoms with E-state index in [-0.39, 0.29) is 29.6 Å². The first-order chi connectivity index (χ1) is 11.7. The van der Waals surface area contributed by atoms with Crippen LogP contribution in [0.15, 0.2) is 24.3 Å². The van der Waals surface area contributed by atoms with Crippen molar-refractivity contribution in [2.24, 2.45) is 5.92 Å². The Bertz CT molecular complexity index is 792. The number of amides is 2. The number of aromatic nitrogens is 2. The van der Waals surface area contributed by atoms with Crippen LogP contribution in [0.5, 0.6) is 0 Å². The maximum atomic E-state index is 12.5. The summed E-state index contributed by atoms with van der Waals surface area (Å²) in [5.74, 6) is -0.591. The second-order valence-corrected chi connectivity index (χ2v) is 8.37. The molecule has 0 bridgehead atoms. The number of hydrogen-bond donors (Lipinski definition) is 1. The highest BCUT2D eigenvalue weighted by Crippen LogP contribution is 2.29. The van der Waals surface area contributed by atoms with Crippen molar-refractivity contribution in [1.29, 1.82) is 0 Å². The van der Waals surface area contributed by atoms with E-state index in [4.69, 9.17) is 0 Å². The lowest BCUT2D eigenvalue weighted by molar-refractivity contribution is -0.122. The van der Waals surface area contributed by atoms with E-state index in [9.17, 15) is 9.59 Å². The molecule has 1 aliphatic rings. The van der Waals surface area contributed by atoms with E-state index < -0.39 is 0 Å². The number of nitrogens with zero attached hydrogens (tertiary/aromatic N) is 3. The van der Waals surface area contributed by atoms with Gasteiger partial charge in [0.15, 0.2) is 0 Å². The molecule has 2 amide bonds. The van der Waals surface area contributed by atoms with Crippen molar-refractivity contribution in [2.75, 3.05) is 16.8 Å². The van der Waals surface area contributed by atoms with Gasteiger partial charge in [-0.2, -0.15) is 0 Å². The molecule has 1 aromatic carbocycles. The Morgan fingerprint density at radius 2 is 1.92 bits per heavy atom. The summed E-state index contributed by atoms with van der Waals surface area (Å²) in [6.45, 7) is 8.54. The molecule has 2 aromatic rings. The minimum atomic E-state index is -0.379. The summed E-state index contributed by atoms with van der Waals surface area (Å²) < 4.78 is 0. The second kappa shape index (κ2) is 6.55. The number of carbonyl (C=O) groups is 2. The van der Waals surface area contributed by atoms with E-state index in [1.165, 1.54) is 11.3 Å². The molecule has 7 heteroatoms. The fourth-order valence-corrected chi connectivity index (χ4v) is 3.45. The van der Waals surface area contributed by atoms with Crippen molar-refractivity contribution in [2.45, 2.75) is 39.5 Å². The van der Waals surface area contributed by atoms with E-state index in [0.717, 1.165) is 16.3 Å². The third-order valence-corrected chi connectivity index (χ3v) is 5.40. The Hall–Kier alpha value is -2.28. The molecule has 0 aliphatic carbocycles. The van der Waals surface area contributed by atoms with Crippen LogP contribution in [0.4, 0.5) is 10.8 Å². The summed E-state index contributed by atoms with van der Waals surface area (Å²) in [5.41, 5.74) is 1.86. The molecule has 1 saturated heterocycles. The zero-order valence-electron chi connectivity index (χ0n) is 14.9. The highest BCUT2D eigenvalue weighted by Gasteiger charge is 2.35. The Labute approximate surface area is 151 Å². The molecule has 25 heavy (non-hydrogen) atoms. The van der Waals surface area contributed by atoms with E-state index in [2.05, 4.69) is 15.5 Å².